The third-order valence-electron chi connectivity index (χ3n) is 2.91. The second-order valence-electron chi connectivity index (χ2n) is 4.28. The molecule has 0 bridgehead atoms. The first-order valence-corrected chi connectivity index (χ1v) is 5.85. The Labute approximate surface area is 110 Å². The Kier molecular flexibility index (Phi) is 3.79. The maximum Gasteiger partial charge on any atom is 0.329 e. The van der Waals surface area contributed by atoms with Gasteiger partial charge >= 0.3 is 12.0 Å². The van der Waals surface area contributed by atoms with Crippen LogP contribution in [0.15, 0.2) is 30.3 Å². The lowest BCUT2D eigenvalue weighted by Gasteiger charge is -2.30. The molecule has 1 aromatic carbocycles. The Hall–Kier alpha value is -2.37. The molecule has 1 heterocycles. The van der Waals surface area contributed by atoms with Gasteiger partial charge in [-0.15, -0.1) is 0 Å². The zero-order chi connectivity index (χ0) is 13.8. The van der Waals surface area contributed by atoms with Crippen LogP contribution in [0, 0.1) is 0 Å². The van der Waals surface area contributed by atoms with Crippen molar-refractivity contribution in [3.05, 3.63) is 35.9 Å². The fourth-order valence-electron chi connectivity index (χ4n) is 1.78. The van der Waals surface area contributed by atoms with E-state index in [0.29, 0.717) is 0 Å². The number of carbonyl (C=O) groups is 3. The zero-order valence-electron chi connectivity index (χ0n) is 10.5. The largest absolute Gasteiger partial charge is 0.459 e. The van der Waals surface area contributed by atoms with Gasteiger partial charge in [-0.1, -0.05) is 30.3 Å². The highest BCUT2D eigenvalue weighted by molar-refractivity contribution is 6.01. The van der Waals surface area contributed by atoms with Crippen LogP contribution in [0.1, 0.15) is 12.0 Å². The van der Waals surface area contributed by atoms with Crippen LogP contribution in [-0.4, -0.2) is 35.9 Å². The number of carbonyl (C=O) groups excluding carboxylic acids is 3. The van der Waals surface area contributed by atoms with Crippen LogP contribution in [0.4, 0.5) is 4.79 Å². The fraction of sp³-hybridized carbons (Fsp3) is 0.308. The molecule has 3 amide bonds. The van der Waals surface area contributed by atoms with Gasteiger partial charge in [0.05, 0.1) is 6.42 Å². The third kappa shape index (κ3) is 3.09. The normalized spacial score (nSPS) is 19.0. The van der Waals surface area contributed by atoms with Gasteiger partial charge < -0.3 is 9.64 Å². The van der Waals surface area contributed by atoms with Crippen LogP contribution in [0.3, 0.4) is 0 Å². The van der Waals surface area contributed by atoms with Crippen molar-refractivity contribution in [2.45, 2.75) is 19.1 Å². The summed E-state index contributed by atoms with van der Waals surface area (Å²) < 4.78 is 5.12. The minimum atomic E-state index is -0.857. The highest BCUT2D eigenvalue weighted by Crippen LogP contribution is 2.11. The molecule has 19 heavy (non-hydrogen) atoms. The molecule has 6 heteroatoms. The van der Waals surface area contributed by atoms with Gasteiger partial charge in [0, 0.05) is 7.05 Å². The van der Waals surface area contributed by atoms with Crippen molar-refractivity contribution >= 4 is 17.9 Å². The summed E-state index contributed by atoms with van der Waals surface area (Å²) >= 11 is 0. The van der Waals surface area contributed by atoms with Crippen LogP contribution in [-0.2, 0) is 20.9 Å². The molecule has 2 rings (SSSR count). The molecule has 1 aliphatic heterocycles. The second-order valence-corrected chi connectivity index (χ2v) is 4.28. The van der Waals surface area contributed by atoms with Gasteiger partial charge in [0.1, 0.15) is 12.6 Å². The number of rotatable bonds is 3. The first-order chi connectivity index (χ1) is 9.08. The predicted molar refractivity (Wildman–Crippen MR) is 65.9 cm³/mol. The summed E-state index contributed by atoms with van der Waals surface area (Å²) in [7, 11) is 1.45. The standard InChI is InChI=1S/C13H14N2O4/c1-15-10(7-11(16)14-13(15)18)12(17)19-8-9-5-3-2-4-6-9/h2-6,10H,7-8H2,1H3,(H,14,16,18). The molecule has 1 aliphatic rings. The molecular formula is C13H14N2O4. The minimum absolute atomic E-state index is 0.0735. The summed E-state index contributed by atoms with van der Waals surface area (Å²) in [5.41, 5.74) is 0.852. The van der Waals surface area contributed by atoms with Crippen LogP contribution in [0.2, 0.25) is 0 Å². The number of nitrogens with zero attached hydrogens (tertiary/aromatic N) is 1. The number of benzene rings is 1. The zero-order valence-corrected chi connectivity index (χ0v) is 10.5. The van der Waals surface area contributed by atoms with Crippen molar-refractivity contribution in [1.82, 2.24) is 10.2 Å². The third-order valence-corrected chi connectivity index (χ3v) is 2.91. The predicted octanol–water partition coefficient (Wildman–Crippen LogP) is 0.670. The van der Waals surface area contributed by atoms with Crippen LogP contribution >= 0.6 is 0 Å². The van der Waals surface area contributed by atoms with E-state index in [0.717, 1.165) is 5.56 Å². The van der Waals surface area contributed by atoms with Gasteiger partial charge in [0.15, 0.2) is 0 Å². The summed E-state index contributed by atoms with van der Waals surface area (Å²) in [6.07, 6.45) is -0.0735. The van der Waals surface area contributed by atoms with Gasteiger partial charge in [-0.05, 0) is 5.56 Å². The van der Waals surface area contributed by atoms with E-state index in [1.54, 1.807) is 0 Å². The smallest absolute Gasteiger partial charge is 0.329 e. The molecule has 0 spiro atoms. The average Bonchev–Trinajstić information content (AvgIpc) is 2.41. The minimum Gasteiger partial charge on any atom is -0.459 e. The average molecular weight is 262 g/mol. The van der Waals surface area contributed by atoms with Gasteiger partial charge in [-0.25, -0.2) is 9.59 Å². The molecule has 6 nitrogen and oxygen atoms in total. The molecule has 0 saturated carbocycles. The number of hydrogen-bond acceptors (Lipinski definition) is 4. The van der Waals surface area contributed by atoms with Crippen molar-refractivity contribution in [3.8, 4) is 0 Å². The highest BCUT2D eigenvalue weighted by atomic mass is 16.5. The van der Waals surface area contributed by atoms with Gasteiger partial charge in [-0.2, -0.15) is 0 Å². The Balaban J connectivity index is 1.95. The molecule has 1 unspecified atom stereocenters. The lowest BCUT2D eigenvalue weighted by Crippen LogP contribution is -2.56. The number of imide groups is 1. The van der Waals surface area contributed by atoms with Gasteiger partial charge in [0.2, 0.25) is 5.91 Å². The second kappa shape index (κ2) is 5.51. The number of hydrogen-bond donors (Lipinski definition) is 1. The fourth-order valence-corrected chi connectivity index (χ4v) is 1.78. The first kappa shape index (κ1) is 13.1. The Morgan fingerprint density at radius 1 is 1.37 bits per heavy atom. The maximum absolute atomic E-state index is 11.9. The van der Waals surface area contributed by atoms with Gasteiger partial charge in [0.25, 0.3) is 0 Å². The molecule has 0 aliphatic carbocycles. The maximum atomic E-state index is 11.9. The summed E-state index contributed by atoms with van der Waals surface area (Å²) in [6.45, 7) is 0.125. The summed E-state index contributed by atoms with van der Waals surface area (Å²) in [4.78, 5) is 35.7. The van der Waals surface area contributed by atoms with Crippen molar-refractivity contribution in [2.75, 3.05) is 7.05 Å². The number of esters is 1. The molecule has 100 valence electrons. The van der Waals surface area contributed by atoms with E-state index in [4.69, 9.17) is 4.74 Å². The molecule has 1 N–H and O–H groups in total. The Bertz CT molecular complexity index is 501. The van der Waals surface area contributed by atoms with E-state index >= 15 is 0 Å². The quantitative estimate of drug-likeness (QED) is 0.812. The SMILES string of the molecule is CN1C(=O)NC(=O)CC1C(=O)OCc1ccccc1. The number of ether oxygens (including phenoxy) is 1. The highest BCUT2D eigenvalue weighted by Gasteiger charge is 2.35. The molecular weight excluding hydrogens is 248 g/mol. The number of urea groups is 1. The summed E-state index contributed by atoms with van der Waals surface area (Å²) in [6, 6.07) is 7.76. The number of nitrogens with one attached hydrogen (secondary N) is 1. The molecule has 1 fully saturated rings. The van der Waals surface area contributed by atoms with E-state index < -0.39 is 23.9 Å². The lowest BCUT2D eigenvalue weighted by atomic mass is 10.1. The first-order valence-electron chi connectivity index (χ1n) is 5.85. The van der Waals surface area contributed by atoms with Crippen molar-refractivity contribution in [1.29, 1.82) is 0 Å². The summed E-state index contributed by atoms with van der Waals surface area (Å²) in [5.74, 6) is -1.04. The van der Waals surface area contributed by atoms with E-state index in [2.05, 4.69) is 5.32 Å². The van der Waals surface area contributed by atoms with E-state index in [9.17, 15) is 14.4 Å². The number of likely N-dealkylation sites (N-methyl/N-ethyl adjacent to an activating group) is 1. The topological polar surface area (TPSA) is 75.7 Å². The van der Waals surface area contributed by atoms with Crippen LogP contribution in [0.5, 0.6) is 0 Å². The van der Waals surface area contributed by atoms with Crippen LogP contribution < -0.4 is 5.32 Å². The van der Waals surface area contributed by atoms with Crippen molar-refractivity contribution in [3.63, 3.8) is 0 Å². The summed E-state index contributed by atoms with van der Waals surface area (Å²) in [5, 5.41) is 2.13. The molecule has 1 atom stereocenters. The molecule has 1 aromatic rings. The molecule has 1 saturated heterocycles. The Morgan fingerprint density at radius 2 is 2.05 bits per heavy atom. The Morgan fingerprint density at radius 3 is 2.74 bits per heavy atom. The monoisotopic (exact) mass is 262 g/mol. The lowest BCUT2D eigenvalue weighted by molar-refractivity contribution is -0.152. The van der Waals surface area contributed by atoms with E-state index in [-0.39, 0.29) is 13.0 Å². The van der Waals surface area contributed by atoms with E-state index in [1.807, 2.05) is 30.3 Å². The van der Waals surface area contributed by atoms with Crippen LogP contribution in [0.25, 0.3) is 0 Å². The van der Waals surface area contributed by atoms with Gasteiger partial charge in [-0.3, -0.25) is 10.1 Å². The molecule has 0 aromatic heterocycles. The number of amides is 3. The molecule has 0 radical (unpaired) electrons. The van der Waals surface area contributed by atoms with E-state index in [1.165, 1.54) is 11.9 Å². The van der Waals surface area contributed by atoms with Crippen molar-refractivity contribution < 1.29 is 19.1 Å². The van der Waals surface area contributed by atoms with Crippen molar-refractivity contribution in [2.24, 2.45) is 0 Å².